The molecule has 7 heteroatoms. The van der Waals surface area contributed by atoms with Gasteiger partial charge in [-0.2, -0.15) is 0 Å². The monoisotopic (exact) mass is 458 g/mol. The van der Waals surface area contributed by atoms with Gasteiger partial charge >= 0.3 is 0 Å². The lowest BCUT2D eigenvalue weighted by Crippen LogP contribution is -2.47. The van der Waals surface area contributed by atoms with Crippen molar-refractivity contribution in [3.63, 3.8) is 0 Å². The fourth-order valence-electron chi connectivity index (χ4n) is 4.32. The maximum absolute atomic E-state index is 12.8. The maximum Gasteiger partial charge on any atom is 0.251 e. The lowest BCUT2D eigenvalue weighted by molar-refractivity contribution is 0.0951. The van der Waals surface area contributed by atoms with E-state index in [0.29, 0.717) is 17.7 Å². The lowest BCUT2D eigenvalue weighted by Gasteiger charge is -2.38. The third-order valence-corrected chi connectivity index (χ3v) is 6.19. The van der Waals surface area contributed by atoms with Crippen LogP contribution < -0.4 is 25.6 Å². The summed E-state index contributed by atoms with van der Waals surface area (Å²) < 4.78 is 5.22. The van der Waals surface area contributed by atoms with Gasteiger partial charge in [-0.25, -0.2) is 0 Å². The number of aryl methyl sites for hydroxylation is 1. The topological polar surface area (TPSA) is 87.9 Å². The van der Waals surface area contributed by atoms with Crippen molar-refractivity contribution in [3.8, 4) is 5.75 Å². The van der Waals surface area contributed by atoms with Crippen LogP contribution in [0.2, 0.25) is 0 Å². The average molecular weight is 459 g/mol. The normalized spacial score (nSPS) is 13.5. The van der Waals surface area contributed by atoms with Crippen molar-refractivity contribution in [2.75, 3.05) is 43.1 Å². The van der Waals surface area contributed by atoms with Crippen LogP contribution in [0.15, 0.2) is 66.7 Å². The van der Waals surface area contributed by atoms with E-state index in [1.807, 2.05) is 36.4 Å². The fraction of sp³-hybridized carbons (Fsp3) is 0.259. The van der Waals surface area contributed by atoms with Crippen LogP contribution in [0, 0.1) is 6.92 Å². The molecule has 4 rings (SSSR count). The molecule has 1 saturated heterocycles. The number of anilines is 2. The van der Waals surface area contributed by atoms with Crippen LogP contribution in [-0.4, -0.2) is 45.1 Å². The van der Waals surface area contributed by atoms with E-state index in [4.69, 9.17) is 10.5 Å². The number of nitrogens with one attached hydrogen (secondary N) is 1. The summed E-state index contributed by atoms with van der Waals surface area (Å²) in [5, 5.41) is 2.89. The van der Waals surface area contributed by atoms with Gasteiger partial charge in [0.15, 0.2) is 0 Å². The van der Waals surface area contributed by atoms with E-state index in [-0.39, 0.29) is 5.91 Å². The van der Waals surface area contributed by atoms with Crippen LogP contribution in [0.3, 0.4) is 0 Å². The molecule has 7 nitrogen and oxygen atoms in total. The number of nitrogens with two attached hydrogens (primary N) is 1. The van der Waals surface area contributed by atoms with Gasteiger partial charge in [-0.1, -0.05) is 30.3 Å². The SMILES string of the molecule is COc1cccc(CNC(=O)c2ccc(N3CCN(c4ccccc4C)CC3)c(C(N)=O)c2)c1. The number of nitrogens with zero attached hydrogens (tertiary/aromatic N) is 2. The predicted octanol–water partition coefficient (Wildman–Crippen LogP) is 3.36. The van der Waals surface area contributed by atoms with E-state index in [1.54, 1.807) is 19.2 Å². The number of carbonyl (C=O) groups excluding carboxylic acids is 2. The Labute approximate surface area is 200 Å². The molecule has 1 fully saturated rings. The highest BCUT2D eigenvalue weighted by Crippen LogP contribution is 2.26. The Bertz CT molecular complexity index is 1190. The highest BCUT2D eigenvalue weighted by atomic mass is 16.5. The van der Waals surface area contributed by atoms with Gasteiger partial charge in [0.05, 0.1) is 12.7 Å². The van der Waals surface area contributed by atoms with Gasteiger partial charge in [-0.05, 0) is 54.4 Å². The van der Waals surface area contributed by atoms with Gasteiger partial charge in [-0.15, -0.1) is 0 Å². The van der Waals surface area contributed by atoms with Crippen LogP contribution in [-0.2, 0) is 6.54 Å². The van der Waals surface area contributed by atoms with Crippen molar-refractivity contribution in [2.24, 2.45) is 5.73 Å². The van der Waals surface area contributed by atoms with Crippen LogP contribution in [0.1, 0.15) is 31.8 Å². The Hall–Kier alpha value is -4.00. The van der Waals surface area contributed by atoms with Gasteiger partial charge < -0.3 is 25.6 Å². The second kappa shape index (κ2) is 10.3. The summed E-state index contributed by atoms with van der Waals surface area (Å²) in [6, 6.07) is 21.0. The predicted molar refractivity (Wildman–Crippen MR) is 135 cm³/mol. The number of amides is 2. The van der Waals surface area contributed by atoms with Gasteiger partial charge in [0.25, 0.3) is 11.8 Å². The molecule has 0 aromatic heterocycles. The van der Waals surface area contributed by atoms with E-state index in [0.717, 1.165) is 43.2 Å². The van der Waals surface area contributed by atoms with E-state index in [1.165, 1.54) is 11.3 Å². The first-order chi connectivity index (χ1) is 16.5. The summed E-state index contributed by atoms with van der Waals surface area (Å²) in [4.78, 5) is 29.5. The molecule has 0 aliphatic carbocycles. The number of rotatable bonds is 7. The Morgan fingerprint density at radius 2 is 1.62 bits per heavy atom. The molecule has 34 heavy (non-hydrogen) atoms. The first-order valence-corrected chi connectivity index (χ1v) is 11.4. The number of carbonyl (C=O) groups is 2. The Balaban J connectivity index is 1.45. The molecule has 0 atom stereocenters. The average Bonchev–Trinajstić information content (AvgIpc) is 2.87. The summed E-state index contributed by atoms with van der Waals surface area (Å²) in [5.74, 6) is -0.0744. The molecular weight excluding hydrogens is 428 g/mol. The number of hydrogen-bond acceptors (Lipinski definition) is 5. The fourth-order valence-corrected chi connectivity index (χ4v) is 4.32. The summed E-state index contributed by atoms with van der Waals surface area (Å²) in [6.45, 7) is 5.67. The summed E-state index contributed by atoms with van der Waals surface area (Å²) >= 11 is 0. The highest BCUT2D eigenvalue weighted by molar-refractivity contribution is 6.03. The van der Waals surface area contributed by atoms with Crippen molar-refractivity contribution in [2.45, 2.75) is 13.5 Å². The zero-order chi connectivity index (χ0) is 24.1. The maximum atomic E-state index is 12.8. The molecule has 0 spiro atoms. The minimum Gasteiger partial charge on any atom is -0.497 e. The zero-order valence-electron chi connectivity index (χ0n) is 19.6. The number of primary amides is 1. The molecule has 0 radical (unpaired) electrons. The quantitative estimate of drug-likeness (QED) is 0.567. The van der Waals surface area contributed by atoms with Gasteiger partial charge in [0, 0.05) is 49.7 Å². The number of ether oxygens (including phenoxy) is 1. The molecule has 176 valence electrons. The number of hydrogen-bond donors (Lipinski definition) is 2. The standard InChI is InChI=1S/C27H30N4O3/c1-19-6-3-4-9-24(19)30-12-14-31(15-13-30)25-11-10-21(17-23(25)26(28)32)27(33)29-18-20-7-5-8-22(16-20)34-2/h3-11,16-17H,12-15,18H2,1-2H3,(H2,28,32)(H,29,33). The minimum atomic E-state index is -0.543. The molecule has 0 unspecified atom stereocenters. The van der Waals surface area contributed by atoms with Gasteiger partial charge in [0.2, 0.25) is 0 Å². The van der Waals surface area contributed by atoms with Crippen LogP contribution in [0.5, 0.6) is 5.75 Å². The van der Waals surface area contributed by atoms with Crippen LogP contribution >= 0.6 is 0 Å². The zero-order valence-corrected chi connectivity index (χ0v) is 19.6. The number of methoxy groups -OCH3 is 1. The Kier molecular flexibility index (Phi) is 7.01. The number of benzene rings is 3. The van der Waals surface area contributed by atoms with E-state index in [9.17, 15) is 9.59 Å². The summed E-state index contributed by atoms with van der Waals surface area (Å²) in [7, 11) is 1.60. The minimum absolute atomic E-state index is 0.263. The van der Waals surface area contributed by atoms with Crippen LogP contribution in [0.4, 0.5) is 11.4 Å². The number of piperazine rings is 1. The molecule has 0 saturated carbocycles. The Morgan fingerprint density at radius 3 is 2.29 bits per heavy atom. The third kappa shape index (κ3) is 5.14. The summed E-state index contributed by atoms with van der Waals surface area (Å²) in [6.07, 6.45) is 0. The van der Waals surface area contributed by atoms with Crippen molar-refractivity contribution in [1.82, 2.24) is 5.32 Å². The molecule has 2 amide bonds. The van der Waals surface area contributed by atoms with Crippen molar-refractivity contribution in [1.29, 1.82) is 0 Å². The molecular formula is C27H30N4O3. The van der Waals surface area contributed by atoms with Crippen LogP contribution in [0.25, 0.3) is 0 Å². The largest absolute Gasteiger partial charge is 0.497 e. The Morgan fingerprint density at radius 1 is 0.912 bits per heavy atom. The van der Waals surface area contributed by atoms with E-state index in [2.05, 4.69) is 40.2 Å². The van der Waals surface area contributed by atoms with Gasteiger partial charge in [-0.3, -0.25) is 9.59 Å². The summed E-state index contributed by atoms with van der Waals surface area (Å²) in [5.41, 5.74) is 10.6. The molecule has 3 N–H and O–H groups in total. The molecule has 1 aliphatic rings. The second-order valence-electron chi connectivity index (χ2n) is 8.39. The number of para-hydroxylation sites is 1. The molecule has 3 aromatic carbocycles. The van der Waals surface area contributed by atoms with Crippen molar-refractivity contribution >= 4 is 23.2 Å². The molecule has 0 bridgehead atoms. The van der Waals surface area contributed by atoms with Gasteiger partial charge in [0.1, 0.15) is 5.75 Å². The van der Waals surface area contributed by atoms with Crippen molar-refractivity contribution < 1.29 is 14.3 Å². The van der Waals surface area contributed by atoms with E-state index < -0.39 is 5.91 Å². The highest BCUT2D eigenvalue weighted by Gasteiger charge is 2.23. The molecule has 3 aromatic rings. The first kappa shape index (κ1) is 23.2. The lowest BCUT2D eigenvalue weighted by atomic mass is 10.0. The smallest absolute Gasteiger partial charge is 0.251 e. The first-order valence-electron chi connectivity index (χ1n) is 11.4. The molecule has 1 heterocycles. The van der Waals surface area contributed by atoms with E-state index >= 15 is 0 Å². The third-order valence-electron chi connectivity index (χ3n) is 6.19. The second-order valence-corrected chi connectivity index (χ2v) is 8.39. The molecule has 1 aliphatic heterocycles. The van der Waals surface area contributed by atoms with Crippen molar-refractivity contribution in [3.05, 3.63) is 89.0 Å².